The summed E-state index contributed by atoms with van der Waals surface area (Å²) >= 11 is 1.60. The zero-order valence-electron chi connectivity index (χ0n) is 13.8. The van der Waals surface area contributed by atoms with E-state index >= 15 is 0 Å². The highest BCUT2D eigenvalue weighted by Gasteiger charge is 2.36. The van der Waals surface area contributed by atoms with Gasteiger partial charge in [0.2, 0.25) is 0 Å². The van der Waals surface area contributed by atoms with Crippen LogP contribution in [0.3, 0.4) is 0 Å². The molecule has 3 heterocycles. The smallest absolute Gasteiger partial charge is 0.188 e. The van der Waals surface area contributed by atoms with Crippen molar-refractivity contribution in [3.05, 3.63) is 29.5 Å². The van der Waals surface area contributed by atoms with Crippen LogP contribution in [0.25, 0.3) is 10.8 Å². The summed E-state index contributed by atoms with van der Waals surface area (Å²) in [6.07, 6.45) is 10.9. The van der Waals surface area contributed by atoms with Crippen LogP contribution >= 0.6 is 11.3 Å². The molecule has 1 N–H and O–H groups in total. The summed E-state index contributed by atoms with van der Waals surface area (Å²) in [6.45, 7) is 1.59. The van der Waals surface area contributed by atoms with E-state index in [1.54, 1.807) is 23.7 Å². The normalized spacial score (nSPS) is 26.0. The minimum atomic E-state index is -0.188. The molecule has 0 spiro atoms. The number of hydrogen-bond acceptors (Lipinski definition) is 6. The first-order chi connectivity index (χ1) is 11.8. The molecule has 1 saturated carbocycles. The number of nitrogens with zero attached hydrogens (tertiary/aromatic N) is 4. The zero-order chi connectivity index (χ0) is 16.4. The fraction of sp³-hybridized carbons (Fsp3) is 0.611. The van der Waals surface area contributed by atoms with Gasteiger partial charge in [0, 0.05) is 36.9 Å². The van der Waals surface area contributed by atoms with Gasteiger partial charge in [0.25, 0.3) is 0 Å². The van der Waals surface area contributed by atoms with Gasteiger partial charge in [-0.05, 0) is 31.2 Å². The maximum Gasteiger partial charge on any atom is 0.188 e. The van der Waals surface area contributed by atoms with E-state index in [-0.39, 0.29) is 6.10 Å². The second kappa shape index (κ2) is 7.25. The Morgan fingerprint density at radius 3 is 2.75 bits per heavy atom. The molecule has 1 aliphatic heterocycles. The van der Waals surface area contributed by atoms with Gasteiger partial charge in [-0.1, -0.05) is 19.3 Å². The molecule has 0 bridgehead atoms. The largest absolute Gasteiger partial charge is 0.392 e. The summed E-state index contributed by atoms with van der Waals surface area (Å²) < 4.78 is 0. The van der Waals surface area contributed by atoms with Crippen molar-refractivity contribution >= 4 is 11.3 Å². The second-order valence-corrected chi connectivity index (χ2v) is 7.86. The van der Waals surface area contributed by atoms with E-state index in [4.69, 9.17) is 4.98 Å². The monoisotopic (exact) mass is 344 g/mol. The third-order valence-corrected chi connectivity index (χ3v) is 6.18. The van der Waals surface area contributed by atoms with Gasteiger partial charge >= 0.3 is 0 Å². The molecule has 24 heavy (non-hydrogen) atoms. The molecule has 0 aromatic carbocycles. The van der Waals surface area contributed by atoms with Gasteiger partial charge in [-0.25, -0.2) is 15.0 Å². The topological polar surface area (TPSA) is 62.1 Å². The molecule has 1 saturated heterocycles. The van der Waals surface area contributed by atoms with E-state index in [2.05, 4.69) is 20.2 Å². The molecule has 2 unspecified atom stereocenters. The van der Waals surface area contributed by atoms with E-state index in [1.165, 1.54) is 32.1 Å². The number of aliphatic hydroxyl groups is 1. The number of rotatable bonds is 4. The third kappa shape index (κ3) is 3.50. The van der Waals surface area contributed by atoms with Crippen LogP contribution in [0.4, 0.5) is 0 Å². The minimum Gasteiger partial charge on any atom is -0.392 e. The molecular weight excluding hydrogens is 320 g/mol. The van der Waals surface area contributed by atoms with Gasteiger partial charge < -0.3 is 5.11 Å². The zero-order valence-corrected chi connectivity index (χ0v) is 14.7. The van der Waals surface area contributed by atoms with E-state index in [9.17, 15) is 5.11 Å². The molecule has 4 rings (SSSR count). The number of hydrogen-bond donors (Lipinski definition) is 1. The molecule has 2 fully saturated rings. The number of thiazole rings is 1. The molecule has 0 radical (unpaired) electrons. The Morgan fingerprint density at radius 2 is 1.96 bits per heavy atom. The predicted octanol–water partition coefficient (Wildman–Crippen LogP) is 3.12. The number of aromatic nitrogens is 3. The second-order valence-electron chi connectivity index (χ2n) is 7.00. The summed E-state index contributed by atoms with van der Waals surface area (Å²) in [5, 5.41) is 13.2. The summed E-state index contributed by atoms with van der Waals surface area (Å²) in [5.41, 5.74) is 1.07. The Morgan fingerprint density at radius 1 is 1.17 bits per heavy atom. The van der Waals surface area contributed by atoms with Crippen molar-refractivity contribution in [2.24, 2.45) is 5.92 Å². The fourth-order valence-corrected chi connectivity index (χ4v) is 4.96. The standard InChI is InChI=1S/C18H24N4OS/c23-15-9-16(13-5-2-1-3-6-13)22(11-15)10-14-12-24-18(21-14)17-19-7-4-8-20-17/h4,7-8,12-13,15-16,23H,1-3,5-6,9-11H2. The lowest BCUT2D eigenvalue weighted by Gasteiger charge is -2.33. The van der Waals surface area contributed by atoms with E-state index in [1.807, 2.05) is 6.07 Å². The molecule has 2 atom stereocenters. The van der Waals surface area contributed by atoms with Crippen molar-refractivity contribution in [3.63, 3.8) is 0 Å². The van der Waals surface area contributed by atoms with Crippen molar-refractivity contribution in [2.45, 2.75) is 57.2 Å². The number of aliphatic hydroxyl groups excluding tert-OH is 1. The molecule has 2 aromatic heterocycles. The predicted molar refractivity (Wildman–Crippen MR) is 94.5 cm³/mol. The highest BCUT2D eigenvalue weighted by atomic mass is 32.1. The van der Waals surface area contributed by atoms with Gasteiger partial charge in [-0.3, -0.25) is 4.90 Å². The SMILES string of the molecule is OC1CC(C2CCCCC2)N(Cc2csc(-c3ncccn3)n2)C1. The maximum atomic E-state index is 10.2. The van der Waals surface area contributed by atoms with Gasteiger partial charge in [-0.15, -0.1) is 11.3 Å². The summed E-state index contributed by atoms with van der Waals surface area (Å²) in [4.78, 5) is 15.7. The Balaban J connectivity index is 1.46. The summed E-state index contributed by atoms with van der Waals surface area (Å²) in [6, 6.07) is 2.33. The quantitative estimate of drug-likeness (QED) is 0.923. The van der Waals surface area contributed by atoms with Gasteiger partial charge in [0.1, 0.15) is 0 Å². The first kappa shape index (κ1) is 16.1. The Kier molecular flexibility index (Phi) is 4.87. The third-order valence-electron chi connectivity index (χ3n) is 5.30. The molecule has 1 aliphatic carbocycles. The molecule has 2 aromatic rings. The molecular formula is C18H24N4OS. The van der Waals surface area contributed by atoms with Crippen molar-refractivity contribution in [3.8, 4) is 10.8 Å². The minimum absolute atomic E-state index is 0.188. The van der Waals surface area contributed by atoms with E-state index in [0.717, 1.165) is 36.1 Å². The molecule has 128 valence electrons. The molecule has 0 amide bonds. The molecule has 5 nitrogen and oxygen atoms in total. The van der Waals surface area contributed by atoms with Gasteiger partial charge in [0.15, 0.2) is 10.8 Å². The van der Waals surface area contributed by atoms with Crippen molar-refractivity contribution < 1.29 is 5.11 Å². The van der Waals surface area contributed by atoms with E-state index in [0.29, 0.717) is 11.9 Å². The Labute approximate surface area is 146 Å². The Bertz CT molecular complexity index is 656. The first-order valence-electron chi connectivity index (χ1n) is 8.93. The average molecular weight is 344 g/mol. The van der Waals surface area contributed by atoms with E-state index < -0.39 is 0 Å². The molecule has 6 heteroatoms. The molecule has 2 aliphatic rings. The van der Waals surface area contributed by atoms with Crippen LogP contribution in [0.2, 0.25) is 0 Å². The first-order valence-corrected chi connectivity index (χ1v) is 9.81. The Hall–Kier alpha value is -1.37. The van der Waals surface area contributed by atoms with Crippen LogP contribution in [0.5, 0.6) is 0 Å². The van der Waals surface area contributed by atoms with Crippen molar-refractivity contribution in [1.82, 2.24) is 19.9 Å². The summed E-state index contributed by atoms with van der Waals surface area (Å²) in [5.74, 6) is 1.44. The lowest BCUT2D eigenvalue weighted by Crippen LogP contribution is -2.36. The van der Waals surface area contributed by atoms with Crippen LogP contribution in [-0.4, -0.2) is 43.6 Å². The highest BCUT2D eigenvalue weighted by Crippen LogP contribution is 2.35. The van der Waals surface area contributed by atoms with Gasteiger partial charge in [0.05, 0.1) is 11.8 Å². The summed E-state index contributed by atoms with van der Waals surface area (Å²) in [7, 11) is 0. The van der Waals surface area contributed by atoms with Crippen LogP contribution < -0.4 is 0 Å². The average Bonchev–Trinajstić information content (AvgIpc) is 3.23. The lowest BCUT2D eigenvalue weighted by atomic mass is 9.83. The van der Waals surface area contributed by atoms with Crippen LogP contribution in [0.15, 0.2) is 23.8 Å². The van der Waals surface area contributed by atoms with Crippen molar-refractivity contribution in [2.75, 3.05) is 6.54 Å². The maximum absolute atomic E-state index is 10.2. The van der Waals surface area contributed by atoms with Crippen LogP contribution in [-0.2, 0) is 6.54 Å². The number of β-amino-alcohol motifs (C(OH)–C–C–N with tert-alkyl or cyclic N) is 1. The van der Waals surface area contributed by atoms with Crippen LogP contribution in [0, 0.1) is 5.92 Å². The lowest BCUT2D eigenvalue weighted by molar-refractivity contribution is 0.146. The van der Waals surface area contributed by atoms with Crippen LogP contribution in [0.1, 0.15) is 44.2 Å². The fourth-order valence-electron chi connectivity index (χ4n) is 4.20. The highest BCUT2D eigenvalue weighted by molar-refractivity contribution is 7.13. The van der Waals surface area contributed by atoms with Gasteiger partial charge in [-0.2, -0.15) is 0 Å². The number of likely N-dealkylation sites (tertiary alicyclic amines) is 1. The van der Waals surface area contributed by atoms with Crippen molar-refractivity contribution in [1.29, 1.82) is 0 Å².